The number of rotatable bonds is 2. The Labute approximate surface area is 86.6 Å². The Hall–Kier alpha value is -1.42. The van der Waals surface area contributed by atoms with Gasteiger partial charge in [-0.3, -0.25) is 0 Å². The highest BCUT2D eigenvalue weighted by Crippen LogP contribution is 2.12. The van der Waals surface area contributed by atoms with Crippen LogP contribution in [0.2, 0.25) is 0 Å². The minimum atomic E-state index is 0.544. The van der Waals surface area contributed by atoms with Crippen LogP contribution in [0.4, 0.5) is 5.82 Å². The number of nitrogens with zero attached hydrogens (tertiary/aromatic N) is 2. The van der Waals surface area contributed by atoms with Crippen LogP contribution < -0.4 is 5.73 Å². The highest BCUT2D eigenvalue weighted by molar-refractivity contribution is 7.07. The van der Waals surface area contributed by atoms with E-state index < -0.39 is 0 Å². The summed E-state index contributed by atoms with van der Waals surface area (Å²) in [7, 11) is 0. The van der Waals surface area contributed by atoms with Gasteiger partial charge in [0.2, 0.25) is 0 Å². The van der Waals surface area contributed by atoms with Crippen LogP contribution in [0.3, 0.4) is 0 Å². The Bertz CT molecular complexity index is 403. The van der Waals surface area contributed by atoms with Crippen molar-refractivity contribution >= 4 is 17.2 Å². The van der Waals surface area contributed by atoms with Gasteiger partial charge in [0.1, 0.15) is 11.6 Å². The molecule has 2 aromatic rings. The molecular formula is C10H11N3S. The van der Waals surface area contributed by atoms with E-state index in [-0.39, 0.29) is 0 Å². The third kappa shape index (κ3) is 2.09. The number of aromatic nitrogens is 2. The first-order valence-electron chi connectivity index (χ1n) is 4.35. The van der Waals surface area contributed by atoms with E-state index in [0.717, 1.165) is 17.9 Å². The van der Waals surface area contributed by atoms with Gasteiger partial charge in [0.25, 0.3) is 0 Å². The molecule has 2 N–H and O–H groups in total. The van der Waals surface area contributed by atoms with Gasteiger partial charge in [-0.25, -0.2) is 9.97 Å². The number of hydrogen-bond acceptors (Lipinski definition) is 4. The maximum atomic E-state index is 5.64. The maximum Gasteiger partial charge on any atom is 0.127 e. The molecule has 2 heterocycles. The molecule has 14 heavy (non-hydrogen) atoms. The van der Waals surface area contributed by atoms with Gasteiger partial charge in [-0.15, -0.1) is 0 Å². The molecule has 0 fully saturated rings. The van der Waals surface area contributed by atoms with Crippen LogP contribution in [0.5, 0.6) is 0 Å². The van der Waals surface area contributed by atoms with Crippen LogP contribution in [0.25, 0.3) is 0 Å². The lowest BCUT2D eigenvalue weighted by molar-refractivity contribution is 0.977. The van der Waals surface area contributed by atoms with Gasteiger partial charge >= 0.3 is 0 Å². The van der Waals surface area contributed by atoms with Crippen molar-refractivity contribution in [2.45, 2.75) is 13.3 Å². The van der Waals surface area contributed by atoms with Crippen LogP contribution in [0, 0.1) is 6.92 Å². The molecule has 0 aromatic carbocycles. The van der Waals surface area contributed by atoms with Crippen LogP contribution in [-0.4, -0.2) is 9.97 Å². The molecule has 0 bridgehead atoms. The molecule has 2 aromatic heterocycles. The summed E-state index contributed by atoms with van der Waals surface area (Å²) in [5.41, 5.74) is 7.89. The SMILES string of the molecule is Cc1nc(N)cc(Cc2ccsc2)n1. The zero-order valence-electron chi connectivity index (χ0n) is 7.90. The molecule has 0 saturated carbocycles. The Balaban J connectivity index is 2.25. The van der Waals surface area contributed by atoms with Gasteiger partial charge in [0.15, 0.2) is 0 Å². The van der Waals surface area contributed by atoms with Crippen LogP contribution >= 0.6 is 11.3 Å². The minimum absolute atomic E-state index is 0.544. The van der Waals surface area contributed by atoms with E-state index in [9.17, 15) is 0 Å². The third-order valence-corrected chi connectivity index (χ3v) is 2.61. The molecule has 4 heteroatoms. The highest BCUT2D eigenvalue weighted by atomic mass is 32.1. The smallest absolute Gasteiger partial charge is 0.127 e. The summed E-state index contributed by atoms with van der Waals surface area (Å²) in [6.07, 6.45) is 0.830. The molecule has 0 unspecified atom stereocenters. The molecule has 0 radical (unpaired) electrons. The van der Waals surface area contributed by atoms with Gasteiger partial charge in [-0.05, 0) is 29.3 Å². The van der Waals surface area contributed by atoms with Gasteiger partial charge in [0, 0.05) is 12.5 Å². The number of nitrogens with two attached hydrogens (primary N) is 1. The van der Waals surface area contributed by atoms with E-state index in [1.54, 1.807) is 11.3 Å². The summed E-state index contributed by atoms with van der Waals surface area (Å²) in [5.74, 6) is 1.28. The molecule has 0 saturated heterocycles. The van der Waals surface area contributed by atoms with Crippen molar-refractivity contribution in [3.63, 3.8) is 0 Å². The molecule has 2 rings (SSSR count). The molecule has 3 nitrogen and oxygen atoms in total. The summed E-state index contributed by atoms with van der Waals surface area (Å²) in [6.45, 7) is 1.85. The highest BCUT2D eigenvalue weighted by Gasteiger charge is 2.01. The Morgan fingerprint density at radius 1 is 1.43 bits per heavy atom. The van der Waals surface area contributed by atoms with E-state index in [1.807, 2.05) is 13.0 Å². The van der Waals surface area contributed by atoms with Crippen molar-refractivity contribution in [2.24, 2.45) is 0 Å². The summed E-state index contributed by atoms with van der Waals surface area (Å²) < 4.78 is 0. The van der Waals surface area contributed by atoms with Crippen molar-refractivity contribution in [1.29, 1.82) is 0 Å². The summed E-state index contributed by atoms with van der Waals surface area (Å²) in [6, 6.07) is 3.92. The average Bonchev–Trinajstić information content (AvgIpc) is 2.54. The summed E-state index contributed by atoms with van der Waals surface area (Å²) >= 11 is 1.69. The molecule has 0 aliphatic rings. The standard InChI is InChI=1S/C10H11N3S/c1-7-12-9(5-10(11)13-7)4-8-2-3-14-6-8/h2-3,5-6H,4H2,1H3,(H2,11,12,13). The Morgan fingerprint density at radius 3 is 2.93 bits per heavy atom. The zero-order chi connectivity index (χ0) is 9.97. The second-order valence-corrected chi connectivity index (χ2v) is 3.92. The lowest BCUT2D eigenvalue weighted by Crippen LogP contribution is -2.00. The first-order valence-corrected chi connectivity index (χ1v) is 5.29. The fraction of sp³-hybridized carbons (Fsp3) is 0.200. The van der Waals surface area contributed by atoms with Crippen molar-refractivity contribution in [3.05, 3.63) is 40.0 Å². The summed E-state index contributed by atoms with van der Waals surface area (Å²) in [5, 5.41) is 4.18. The fourth-order valence-corrected chi connectivity index (χ4v) is 2.02. The number of anilines is 1. The predicted molar refractivity (Wildman–Crippen MR) is 58.3 cm³/mol. The lowest BCUT2D eigenvalue weighted by atomic mass is 10.2. The molecule has 0 spiro atoms. The predicted octanol–water partition coefficient (Wildman–Crippen LogP) is 2.02. The van der Waals surface area contributed by atoms with E-state index in [2.05, 4.69) is 26.8 Å². The Kier molecular flexibility index (Phi) is 2.45. The minimum Gasteiger partial charge on any atom is -0.384 e. The Morgan fingerprint density at radius 2 is 2.29 bits per heavy atom. The molecular weight excluding hydrogens is 194 g/mol. The van der Waals surface area contributed by atoms with Gasteiger partial charge in [0.05, 0.1) is 5.69 Å². The fourth-order valence-electron chi connectivity index (χ4n) is 1.35. The van der Waals surface area contributed by atoms with Crippen LogP contribution in [0.1, 0.15) is 17.1 Å². The normalized spacial score (nSPS) is 10.4. The van der Waals surface area contributed by atoms with Crippen molar-refractivity contribution in [2.75, 3.05) is 5.73 Å². The van der Waals surface area contributed by atoms with Gasteiger partial charge < -0.3 is 5.73 Å². The largest absolute Gasteiger partial charge is 0.384 e. The first kappa shape index (κ1) is 9.15. The van der Waals surface area contributed by atoms with Gasteiger partial charge in [-0.1, -0.05) is 0 Å². The number of thiophene rings is 1. The second-order valence-electron chi connectivity index (χ2n) is 3.14. The average molecular weight is 205 g/mol. The monoisotopic (exact) mass is 205 g/mol. The topological polar surface area (TPSA) is 51.8 Å². The zero-order valence-corrected chi connectivity index (χ0v) is 8.71. The molecule has 72 valence electrons. The number of aryl methyl sites for hydroxylation is 1. The first-order chi connectivity index (χ1) is 6.74. The molecule has 0 atom stereocenters. The number of hydrogen-bond donors (Lipinski definition) is 1. The van der Waals surface area contributed by atoms with Gasteiger partial charge in [-0.2, -0.15) is 11.3 Å². The van der Waals surface area contributed by atoms with E-state index >= 15 is 0 Å². The molecule has 0 aliphatic heterocycles. The quantitative estimate of drug-likeness (QED) is 0.816. The van der Waals surface area contributed by atoms with Crippen molar-refractivity contribution in [3.8, 4) is 0 Å². The number of nitrogen functional groups attached to an aromatic ring is 1. The van der Waals surface area contributed by atoms with E-state index in [0.29, 0.717) is 5.82 Å². The third-order valence-electron chi connectivity index (χ3n) is 1.88. The summed E-state index contributed by atoms with van der Waals surface area (Å²) in [4.78, 5) is 8.36. The van der Waals surface area contributed by atoms with Crippen molar-refractivity contribution < 1.29 is 0 Å². The molecule has 0 amide bonds. The van der Waals surface area contributed by atoms with E-state index in [4.69, 9.17) is 5.73 Å². The second kappa shape index (κ2) is 3.75. The van der Waals surface area contributed by atoms with Crippen molar-refractivity contribution in [1.82, 2.24) is 9.97 Å². The van der Waals surface area contributed by atoms with Crippen LogP contribution in [0.15, 0.2) is 22.9 Å². The maximum absolute atomic E-state index is 5.64. The lowest BCUT2D eigenvalue weighted by Gasteiger charge is -2.01. The van der Waals surface area contributed by atoms with E-state index in [1.165, 1.54) is 5.56 Å². The molecule has 0 aliphatic carbocycles. The van der Waals surface area contributed by atoms with Crippen LogP contribution in [-0.2, 0) is 6.42 Å².